The number of aliphatic imine (C=N–C) groups is 1. The van der Waals surface area contributed by atoms with Gasteiger partial charge in [-0.2, -0.15) is 4.21 Å². The van der Waals surface area contributed by atoms with Gasteiger partial charge < -0.3 is 4.90 Å². The zero-order valence-corrected chi connectivity index (χ0v) is 8.32. The van der Waals surface area contributed by atoms with Crippen molar-refractivity contribution in [3.8, 4) is 0 Å². The van der Waals surface area contributed by atoms with Crippen LogP contribution in [0.3, 0.4) is 0 Å². The summed E-state index contributed by atoms with van der Waals surface area (Å²) in [6, 6.07) is 0.253. The summed E-state index contributed by atoms with van der Waals surface area (Å²) >= 11 is -2.22. The molecule has 0 aliphatic carbocycles. The maximum absolute atomic E-state index is 10.2. The fraction of sp³-hybridized carbons (Fsp3) is 0.571. The van der Waals surface area contributed by atoms with Crippen LogP contribution in [-0.4, -0.2) is 39.6 Å². The highest BCUT2D eigenvalue weighted by atomic mass is 32.2. The van der Waals surface area contributed by atoms with Crippen LogP contribution in [0.2, 0.25) is 0 Å². The van der Waals surface area contributed by atoms with Crippen molar-refractivity contribution in [3.63, 3.8) is 0 Å². The molecule has 0 saturated carbocycles. The van der Waals surface area contributed by atoms with Gasteiger partial charge in [0.15, 0.2) is 0 Å². The van der Waals surface area contributed by atoms with Crippen LogP contribution in [0, 0.1) is 0 Å². The lowest BCUT2D eigenvalue weighted by atomic mass is 10.3. The summed E-state index contributed by atoms with van der Waals surface area (Å²) in [5.41, 5.74) is 0.642. The molecule has 0 aromatic heterocycles. The van der Waals surface area contributed by atoms with E-state index in [0.29, 0.717) is 5.70 Å². The molecule has 5 nitrogen and oxygen atoms in total. The third-order valence-corrected chi connectivity index (χ3v) is 2.08. The highest BCUT2D eigenvalue weighted by Crippen LogP contribution is 2.08. The fourth-order valence-electron chi connectivity index (χ4n) is 0.880. The molecule has 1 heterocycles. The molecule has 2 atom stereocenters. The standard InChI is InChI=1S/C7H12N2O3S/c1-6-3-8-7(4-9(6)2)5-12-13(10)11/h3-4,6H,5H2,1-2H3,(H,10,11). The van der Waals surface area contributed by atoms with Crippen molar-refractivity contribution in [1.29, 1.82) is 0 Å². The highest BCUT2D eigenvalue weighted by molar-refractivity contribution is 7.74. The molecule has 0 saturated heterocycles. The second-order valence-electron chi connectivity index (χ2n) is 2.78. The van der Waals surface area contributed by atoms with Crippen LogP contribution in [0.15, 0.2) is 16.9 Å². The van der Waals surface area contributed by atoms with Gasteiger partial charge in [-0.05, 0) is 6.92 Å². The molecular formula is C7H12N2O3S. The number of nitrogens with zero attached hydrogens (tertiary/aromatic N) is 2. The molecule has 0 aromatic rings. The Morgan fingerprint density at radius 1 is 1.85 bits per heavy atom. The SMILES string of the molecule is CC1C=NC(COS(=O)O)=CN1C. The van der Waals surface area contributed by atoms with Crippen LogP contribution < -0.4 is 0 Å². The van der Waals surface area contributed by atoms with Crippen LogP contribution >= 0.6 is 0 Å². The van der Waals surface area contributed by atoms with Crippen molar-refractivity contribution in [2.75, 3.05) is 13.7 Å². The summed E-state index contributed by atoms with van der Waals surface area (Å²) in [5.74, 6) is 0. The molecule has 0 radical (unpaired) electrons. The van der Waals surface area contributed by atoms with Gasteiger partial charge in [0.1, 0.15) is 6.61 Å². The Balaban J connectivity index is 2.48. The predicted molar refractivity (Wildman–Crippen MR) is 50.5 cm³/mol. The largest absolute Gasteiger partial charge is 0.371 e. The molecule has 1 aliphatic rings. The molecule has 0 bridgehead atoms. The van der Waals surface area contributed by atoms with Crippen molar-refractivity contribution >= 4 is 17.6 Å². The second-order valence-corrected chi connectivity index (χ2v) is 3.45. The van der Waals surface area contributed by atoms with Gasteiger partial charge in [-0.25, -0.2) is 0 Å². The van der Waals surface area contributed by atoms with Gasteiger partial charge in [-0.1, -0.05) is 0 Å². The van der Waals surface area contributed by atoms with Crippen LogP contribution in [0.25, 0.3) is 0 Å². The van der Waals surface area contributed by atoms with E-state index in [9.17, 15) is 4.21 Å². The van der Waals surface area contributed by atoms with Gasteiger partial charge in [0, 0.05) is 19.5 Å². The normalized spacial score (nSPS) is 24.4. The van der Waals surface area contributed by atoms with Crippen molar-refractivity contribution in [2.24, 2.45) is 4.99 Å². The Bertz CT molecular complexity index is 264. The van der Waals surface area contributed by atoms with Gasteiger partial charge >= 0.3 is 11.4 Å². The van der Waals surface area contributed by atoms with Gasteiger partial charge in [-0.15, -0.1) is 0 Å². The minimum Gasteiger partial charge on any atom is -0.371 e. The van der Waals surface area contributed by atoms with Crippen LogP contribution in [-0.2, 0) is 15.5 Å². The Morgan fingerprint density at radius 3 is 3.08 bits per heavy atom. The van der Waals surface area contributed by atoms with E-state index >= 15 is 0 Å². The van der Waals surface area contributed by atoms with Gasteiger partial charge in [0.25, 0.3) is 0 Å². The molecule has 2 unspecified atom stereocenters. The number of hydrogen-bond donors (Lipinski definition) is 1. The molecule has 13 heavy (non-hydrogen) atoms. The molecule has 1 rings (SSSR count). The minimum atomic E-state index is -2.22. The van der Waals surface area contributed by atoms with E-state index in [-0.39, 0.29) is 12.6 Å². The lowest BCUT2D eigenvalue weighted by Crippen LogP contribution is -2.28. The zero-order valence-electron chi connectivity index (χ0n) is 7.51. The summed E-state index contributed by atoms with van der Waals surface area (Å²) < 4.78 is 23.0. The van der Waals surface area contributed by atoms with Crippen molar-refractivity contribution in [2.45, 2.75) is 13.0 Å². The molecule has 0 amide bonds. The second kappa shape index (κ2) is 4.50. The van der Waals surface area contributed by atoms with E-state index < -0.39 is 11.4 Å². The Kier molecular flexibility index (Phi) is 3.58. The average molecular weight is 204 g/mol. The van der Waals surface area contributed by atoms with E-state index in [1.807, 2.05) is 18.9 Å². The molecule has 1 N–H and O–H groups in total. The Morgan fingerprint density at radius 2 is 2.54 bits per heavy atom. The molecular weight excluding hydrogens is 192 g/mol. The molecule has 74 valence electrons. The first-order chi connectivity index (χ1) is 6.09. The smallest absolute Gasteiger partial charge is 0.302 e. The topological polar surface area (TPSA) is 62.1 Å². The van der Waals surface area contributed by atoms with Crippen LogP contribution in [0.5, 0.6) is 0 Å². The predicted octanol–water partition coefficient (Wildman–Crippen LogP) is 0.386. The van der Waals surface area contributed by atoms with Crippen LogP contribution in [0.4, 0.5) is 0 Å². The van der Waals surface area contributed by atoms with E-state index in [1.54, 1.807) is 12.4 Å². The molecule has 0 aromatic carbocycles. The maximum atomic E-state index is 10.2. The Hall–Kier alpha value is -0.720. The van der Waals surface area contributed by atoms with Crippen molar-refractivity contribution < 1.29 is 12.9 Å². The monoisotopic (exact) mass is 204 g/mol. The van der Waals surface area contributed by atoms with E-state index in [4.69, 9.17) is 4.55 Å². The van der Waals surface area contributed by atoms with Gasteiger partial charge in [0.05, 0.1) is 11.7 Å². The third kappa shape index (κ3) is 3.25. The molecule has 0 fully saturated rings. The number of hydrogen-bond acceptors (Lipinski definition) is 4. The number of rotatable bonds is 3. The quantitative estimate of drug-likeness (QED) is 0.675. The fourth-order valence-corrected chi connectivity index (χ4v) is 1.10. The first-order valence-corrected chi connectivity index (χ1v) is 4.83. The van der Waals surface area contributed by atoms with Crippen molar-refractivity contribution in [3.05, 3.63) is 11.9 Å². The third-order valence-electron chi connectivity index (χ3n) is 1.76. The Labute approximate surface area is 79.6 Å². The minimum absolute atomic E-state index is 0.0523. The molecule has 6 heteroatoms. The van der Waals surface area contributed by atoms with Gasteiger partial charge in [0.2, 0.25) is 0 Å². The first-order valence-electron chi connectivity index (χ1n) is 3.80. The highest BCUT2D eigenvalue weighted by Gasteiger charge is 2.10. The average Bonchev–Trinajstić information content (AvgIpc) is 2.07. The maximum Gasteiger partial charge on any atom is 0.302 e. The summed E-state index contributed by atoms with van der Waals surface area (Å²) in [5, 5.41) is 0. The summed E-state index contributed by atoms with van der Waals surface area (Å²) in [6.45, 7) is 2.05. The van der Waals surface area contributed by atoms with E-state index in [1.165, 1.54) is 0 Å². The zero-order chi connectivity index (χ0) is 9.84. The van der Waals surface area contributed by atoms with Crippen molar-refractivity contribution in [1.82, 2.24) is 4.90 Å². The van der Waals surface area contributed by atoms with Crippen LogP contribution in [0.1, 0.15) is 6.92 Å². The molecule has 1 aliphatic heterocycles. The summed E-state index contributed by atoms with van der Waals surface area (Å²) in [4.78, 5) is 6.01. The van der Waals surface area contributed by atoms with E-state index in [2.05, 4.69) is 9.18 Å². The van der Waals surface area contributed by atoms with Gasteiger partial charge in [-0.3, -0.25) is 13.7 Å². The lowest BCUT2D eigenvalue weighted by Gasteiger charge is -2.23. The lowest BCUT2D eigenvalue weighted by molar-refractivity contribution is 0.325. The molecule has 0 spiro atoms. The van der Waals surface area contributed by atoms with E-state index in [0.717, 1.165) is 0 Å². The first kappa shape index (κ1) is 10.4. The summed E-state index contributed by atoms with van der Waals surface area (Å²) in [7, 11) is 1.91. The summed E-state index contributed by atoms with van der Waals surface area (Å²) in [6.07, 6.45) is 3.55.